The molecule has 1 saturated heterocycles. The second kappa shape index (κ2) is 10.4. The Labute approximate surface area is 203 Å². The van der Waals surface area contributed by atoms with Gasteiger partial charge in [-0.15, -0.1) is 0 Å². The fourth-order valence-electron chi connectivity index (χ4n) is 4.17. The number of fused-ring (bicyclic) bond motifs is 1. The Hall–Kier alpha value is -4.24. The lowest BCUT2D eigenvalue weighted by Crippen LogP contribution is -2.49. The predicted molar refractivity (Wildman–Crippen MR) is 134 cm³/mol. The Morgan fingerprint density at radius 2 is 1.71 bits per heavy atom. The smallest absolute Gasteiger partial charge is 0.318 e. The van der Waals surface area contributed by atoms with Crippen molar-refractivity contribution in [3.8, 4) is 5.75 Å². The Bertz CT molecular complexity index is 1310. The predicted octanol–water partition coefficient (Wildman–Crippen LogP) is 2.20. The highest BCUT2D eigenvalue weighted by molar-refractivity contribution is 5.98. The van der Waals surface area contributed by atoms with Gasteiger partial charge in [-0.3, -0.25) is 25.3 Å². The van der Waals surface area contributed by atoms with Crippen molar-refractivity contribution in [2.24, 2.45) is 11.5 Å². The van der Waals surface area contributed by atoms with Crippen LogP contribution in [0, 0.1) is 10.8 Å². The number of rotatable bonds is 8. The number of nitrogen functional groups attached to an aromatic ring is 1. The fourth-order valence-corrected chi connectivity index (χ4v) is 4.17. The van der Waals surface area contributed by atoms with E-state index in [2.05, 4.69) is 4.90 Å². The molecular weight excluding hydrogens is 444 g/mol. The number of nitrogens with two attached hydrogens (primary N) is 2. The molecular formula is C26H28N6O3. The zero-order chi connectivity index (χ0) is 24.9. The number of benzene rings is 3. The molecule has 3 aromatic carbocycles. The van der Waals surface area contributed by atoms with Crippen molar-refractivity contribution in [2.45, 2.75) is 19.5 Å². The molecule has 9 heteroatoms. The van der Waals surface area contributed by atoms with Crippen molar-refractivity contribution in [1.29, 1.82) is 10.8 Å². The number of esters is 1. The van der Waals surface area contributed by atoms with Gasteiger partial charge in [0.05, 0.1) is 6.54 Å². The summed E-state index contributed by atoms with van der Waals surface area (Å²) in [6, 6.07) is 18.8. The summed E-state index contributed by atoms with van der Waals surface area (Å²) in [6.45, 7) is 2.71. The molecule has 35 heavy (non-hydrogen) atoms. The van der Waals surface area contributed by atoms with Crippen LogP contribution >= 0.6 is 0 Å². The molecule has 0 aromatic heterocycles. The third-order valence-corrected chi connectivity index (χ3v) is 5.88. The van der Waals surface area contributed by atoms with Crippen molar-refractivity contribution in [1.82, 2.24) is 9.80 Å². The van der Waals surface area contributed by atoms with Crippen LogP contribution in [0.3, 0.4) is 0 Å². The fraction of sp³-hybridized carbons (Fsp3) is 0.231. The maximum Gasteiger partial charge on any atom is 0.318 e. The number of hydrogen-bond acceptors (Lipinski definition) is 6. The SMILES string of the molecule is N=C(N)CC(=O)Oc1cccc2ccc(CN3CCN(Cc4cccc(C(=N)N)c4)CC3=O)cc12. The minimum absolute atomic E-state index is 0.0277. The minimum Gasteiger partial charge on any atom is -0.426 e. The first-order valence-electron chi connectivity index (χ1n) is 11.3. The highest BCUT2D eigenvalue weighted by Gasteiger charge is 2.24. The number of nitrogens with zero attached hydrogens (tertiary/aromatic N) is 2. The van der Waals surface area contributed by atoms with Crippen LogP contribution in [-0.4, -0.2) is 53.0 Å². The van der Waals surface area contributed by atoms with Gasteiger partial charge < -0.3 is 21.1 Å². The van der Waals surface area contributed by atoms with Crippen LogP contribution in [0.5, 0.6) is 5.75 Å². The number of piperazine rings is 1. The van der Waals surface area contributed by atoms with E-state index < -0.39 is 5.97 Å². The van der Waals surface area contributed by atoms with Crippen LogP contribution < -0.4 is 16.2 Å². The number of hydrogen-bond donors (Lipinski definition) is 4. The summed E-state index contributed by atoms with van der Waals surface area (Å²) in [5.41, 5.74) is 13.5. The molecule has 0 unspecified atom stereocenters. The number of ether oxygens (including phenoxy) is 1. The lowest BCUT2D eigenvalue weighted by molar-refractivity contribution is -0.137. The lowest BCUT2D eigenvalue weighted by Gasteiger charge is -2.34. The van der Waals surface area contributed by atoms with Crippen LogP contribution in [0.25, 0.3) is 10.8 Å². The molecule has 1 amide bonds. The van der Waals surface area contributed by atoms with E-state index in [1.165, 1.54) is 0 Å². The van der Waals surface area contributed by atoms with Gasteiger partial charge in [0, 0.05) is 37.1 Å². The summed E-state index contributed by atoms with van der Waals surface area (Å²) in [5, 5.41) is 16.6. The summed E-state index contributed by atoms with van der Waals surface area (Å²) < 4.78 is 5.43. The van der Waals surface area contributed by atoms with Gasteiger partial charge in [-0.1, -0.05) is 42.5 Å². The van der Waals surface area contributed by atoms with E-state index in [0.29, 0.717) is 37.5 Å². The Kier molecular flexibility index (Phi) is 7.07. The number of carbonyl (C=O) groups excluding carboxylic acids is 2. The van der Waals surface area contributed by atoms with Crippen molar-refractivity contribution in [3.63, 3.8) is 0 Å². The third kappa shape index (κ3) is 6.01. The van der Waals surface area contributed by atoms with Gasteiger partial charge in [-0.2, -0.15) is 0 Å². The number of nitrogens with one attached hydrogen (secondary N) is 2. The van der Waals surface area contributed by atoms with Crippen molar-refractivity contribution in [2.75, 3.05) is 19.6 Å². The van der Waals surface area contributed by atoms with Crippen LogP contribution in [0.15, 0.2) is 60.7 Å². The summed E-state index contributed by atoms with van der Waals surface area (Å²) in [7, 11) is 0. The van der Waals surface area contributed by atoms with Crippen molar-refractivity contribution in [3.05, 3.63) is 77.4 Å². The third-order valence-electron chi connectivity index (χ3n) is 5.88. The van der Waals surface area contributed by atoms with Gasteiger partial charge in [0.25, 0.3) is 0 Å². The Morgan fingerprint density at radius 3 is 2.46 bits per heavy atom. The highest BCUT2D eigenvalue weighted by atomic mass is 16.5. The standard InChI is InChI=1S/C26H28N6O3/c27-23(28)13-25(34)35-22-6-2-4-19-8-7-18(12-21(19)22)15-32-10-9-31(16-24(32)33)14-17-3-1-5-20(11-17)26(29)30/h1-8,11-12H,9-10,13-16H2,(H3,27,28)(H3,29,30). The zero-order valence-electron chi connectivity index (χ0n) is 19.3. The van der Waals surface area contributed by atoms with Crippen molar-refractivity contribution < 1.29 is 14.3 Å². The van der Waals surface area contributed by atoms with Crippen LogP contribution in [0.4, 0.5) is 0 Å². The van der Waals surface area contributed by atoms with E-state index in [4.69, 9.17) is 27.0 Å². The van der Waals surface area contributed by atoms with Gasteiger partial charge in [0.1, 0.15) is 23.8 Å². The summed E-state index contributed by atoms with van der Waals surface area (Å²) in [4.78, 5) is 28.8. The zero-order valence-corrected chi connectivity index (χ0v) is 19.3. The molecule has 6 N–H and O–H groups in total. The topological polar surface area (TPSA) is 150 Å². The molecule has 9 nitrogen and oxygen atoms in total. The molecule has 0 radical (unpaired) electrons. The second-order valence-electron chi connectivity index (χ2n) is 8.63. The first-order chi connectivity index (χ1) is 16.8. The van der Waals surface area contributed by atoms with Gasteiger partial charge >= 0.3 is 5.97 Å². The van der Waals surface area contributed by atoms with Gasteiger partial charge in [0.15, 0.2) is 0 Å². The van der Waals surface area contributed by atoms with Gasteiger partial charge in [-0.05, 0) is 34.7 Å². The molecule has 1 aliphatic heterocycles. The molecule has 0 spiro atoms. The number of amidine groups is 2. The van der Waals surface area contributed by atoms with E-state index in [1.54, 1.807) is 18.2 Å². The highest BCUT2D eigenvalue weighted by Crippen LogP contribution is 2.28. The Balaban J connectivity index is 1.42. The normalized spacial score (nSPS) is 14.2. The molecule has 1 fully saturated rings. The summed E-state index contributed by atoms with van der Waals surface area (Å²) in [6.07, 6.45) is -0.270. The van der Waals surface area contributed by atoms with E-state index in [-0.39, 0.29) is 24.0 Å². The molecule has 1 heterocycles. The van der Waals surface area contributed by atoms with Crippen LogP contribution in [0.2, 0.25) is 0 Å². The van der Waals surface area contributed by atoms with E-state index in [0.717, 1.165) is 28.4 Å². The van der Waals surface area contributed by atoms with E-state index in [1.807, 2.05) is 47.4 Å². The number of amides is 1. The minimum atomic E-state index is -0.587. The largest absolute Gasteiger partial charge is 0.426 e. The average molecular weight is 473 g/mol. The van der Waals surface area contributed by atoms with E-state index >= 15 is 0 Å². The maximum atomic E-state index is 12.9. The first kappa shape index (κ1) is 23.9. The molecule has 3 aromatic rings. The van der Waals surface area contributed by atoms with Gasteiger partial charge in [0.2, 0.25) is 5.91 Å². The molecule has 0 saturated carbocycles. The second-order valence-corrected chi connectivity index (χ2v) is 8.63. The lowest BCUT2D eigenvalue weighted by atomic mass is 10.1. The summed E-state index contributed by atoms with van der Waals surface area (Å²) >= 11 is 0. The Morgan fingerprint density at radius 1 is 0.943 bits per heavy atom. The summed E-state index contributed by atoms with van der Waals surface area (Å²) in [5.74, 6) is -0.365. The molecule has 0 bridgehead atoms. The monoisotopic (exact) mass is 472 g/mol. The van der Waals surface area contributed by atoms with Gasteiger partial charge in [-0.25, -0.2) is 0 Å². The molecule has 4 rings (SSSR count). The van der Waals surface area contributed by atoms with Crippen LogP contribution in [0.1, 0.15) is 23.1 Å². The average Bonchev–Trinajstić information content (AvgIpc) is 2.81. The van der Waals surface area contributed by atoms with Crippen LogP contribution in [-0.2, 0) is 22.7 Å². The molecule has 180 valence electrons. The molecule has 0 atom stereocenters. The van der Waals surface area contributed by atoms with E-state index in [9.17, 15) is 9.59 Å². The maximum absolute atomic E-state index is 12.9. The first-order valence-corrected chi connectivity index (χ1v) is 11.3. The molecule has 0 aliphatic carbocycles. The van der Waals surface area contributed by atoms with Crippen molar-refractivity contribution >= 4 is 34.3 Å². The quantitative estimate of drug-likeness (QED) is 0.171. The number of carbonyl (C=O) groups is 2. The molecule has 1 aliphatic rings.